The highest BCUT2D eigenvalue weighted by molar-refractivity contribution is 5.92. The minimum Gasteiger partial charge on any atom is -0.348 e. The lowest BCUT2D eigenvalue weighted by Crippen LogP contribution is -2.32. The van der Waals surface area contributed by atoms with E-state index in [2.05, 4.69) is 53.5 Å². The summed E-state index contributed by atoms with van der Waals surface area (Å²) in [6.07, 6.45) is 3.94. The minimum absolute atomic E-state index is 0.124. The molecule has 1 heterocycles. The third-order valence-corrected chi connectivity index (χ3v) is 3.90. The number of carbonyl (C=O) groups is 1. The number of aromatic nitrogens is 2. The number of amides is 1. The van der Waals surface area contributed by atoms with Gasteiger partial charge in [-0.2, -0.15) is 0 Å². The van der Waals surface area contributed by atoms with Crippen molar-refractivity contribution in [3.05, 3.63) is 47.9 Å². The van der Waals surface area contributed by atoms with Gasteiger partial charge in [0.05, 0.1) is 12.4 Å². The van der Waals surface area contributed by atoms with E-state index >= 15 is 0 Å². The van der Waals surface area contributed by atoms with Crippen molar-refractivity contribution in [2.24, 2.45) is 0 Å². The molecule has 1 aromatic heterocycles. The standard InChI is InChI=1S/C19H26N4O/c1-6-13(2)22-18(24)16-11-21-17(12-20-16)23-15-9-7-14(8-10-15)19(3,4)5/h7-13H,6H2,1-5H3,(H,21,23)(H,22,24). The smallest absolute Gasteiger partial charge is 0.271 e. The molecule has 128 valence electrons. The highest BCUT2D eigenvalue weighted by Crippen LogP contribution is 2.24. The Morgan fingerprint density at radius 1 is 1.12 bits per heavy atom. The zero-order valence-corrected chi connectivity index (χ0v) is 15.1. The number of benzene rings is 1. The molecule has 1 atom stereocenters. The molecular formula is C19H26N4O. The van der Waals surface area contributed by atoms with Gasteiger partial charge in [0.2, 0.25) is 0 Å². The number of hydrogen-bond donors (Lipinski definition) is 2. The first-order valence-electron chi connectivity index (χ1n) is 8.30. The Bertz CT molecular complexity index is 672. The fourth-order valence-corrected chi connectivity index (χ4v) is 2.11. The van der Waals surface area contributed by atoms with Crippen molar-refractivity contribution in [1.29, 1.82) is 0 Å². The summed E-state index contributed by atoms with van der Waals surface area (Å²) in [4.78, 5) is 20.4. The number of nitrogens with zero attached hydrogens (tertiary/aromatic N) is 2. The van der Waals surface area contributed by atoms with E-state index in [0.717, 1.165) is 12.1 Å². The van der Waals surface area contributed by atoms with Crippen molar-refractivity contribution in [3.8, 4) is 0 Å². The average molecular weight is 326 g/mol. The number of carbonyl (C=O) groups excluding carboxylic acids is 1. The van der Waals surface area contributed by atoms with Gasteiger partial charge in [0.1, 0.15) is 11.5 Å². The fraction of sp³-hybridized carbons (Fsp3) is 0.421. The van der Waals surface area contributed by atoms with E-state index in [1.165, 1.54) is 11.8 Å². The van der Waals surface area contributed by atoms with Gasteiger partial charge in [0.15, 0.2) is 0 Å². The van der Waals surface area contributed by atoms with Crippen LogP contribution in [0.1, 0.15) is 57.1 Å². The molecule has 1 amide bonds. The van der Waals surface area contributed by atoms with Crippen LogP contribution < -0.4 is 10.6 Å². The van der Waals surface area contributed by atoms with Crippen molar-refractivity contribution in [2.45, 2.75) is 52.5 Å². The summed E-state index contributed by atoms with van der Waals surface area (Å²) in [6, 6.07) is 8.36. The Hall–Kier alpha value is -2.43. The SMILES string of the molecule is CCC(C)NC(=O)c1cnc(Nc2ccc(C(C)(C)C)cc2)cn1. The molecular weight excluding hydrogens is 300 g/mol. The van der Waals surface area contributed by atoms with Gasteiger partial charge in [0.25, 0.3) is 5.91 Å². The highest BCUT2D eigenvalue weighted by atomic mass is 16.1. The van der Waals surface area contributed by atoms with Crippen LogP contribution in [0, 0.1) is 0 Å². The van der Waals surface area contributed by atoms with E-state index in [0.29, 0.717) is 11.5 Å². The van der Waals surface area contributed by atoms with Gasteiger partial charge < -0.3 is 10.6 Å². The van der Waals surface area contributed by atoms with Crippen LogP contribution in [0.2, 0.25) is 0 Å². The van der Waals surface area contributed by atoms with Crippen LogP contribution in [0.5, 0.6) is 0 Å². The maximum Gasteiger partial charge on any atom is 0.271 e. The number of nitrogens with one attached hydrogen (secondary N) is 2. The Morgan fingerprint density at radius 3 is 2.29 bits per heavy atom. The van der Waals surface area contributed by atoms with Crippen LogP contribution in [0.25, 0.3) is 0 Å². The molecule has 1 aromatic carbocycles. The molecule has 0 aliphatic rings. The van der Waals surface area contributed by atoms with Gasteiger partial charge in [-0.05, 0) is 36.5 Å². The Labute approximate surface area is 143 Å². The molecule has 0 saturated carbocycles. The van der Waals surface area contributed by atoms with E-state index in [4.69, 9.17) is 0 Å². The fourth-order valence-electron chi connectivity index (χ4n) is 2.11. The lowest BCUT2D eigenvalue weighted by atomic mass is 9.87. The van der Waals surface area contributed by atoms with Crippen molar-refractivity contribution in [3.63, 3.8) is 0 Å². The van der Waals surface area contributed by atoms with Gasteiger partial charge in [-0.25, -0.2) is 9.97 Å². The molecule has 0 spiro atoms. The molecule has 0 fully saturated rings. The molecule has 0 radical (unpaired) electrons. The van der Waals surface area contributed by atoms with Gasteiger partial charge >= 0.3 is 0 Å². The topological polar surface area (TPSA) is 66.9 Å². The second kappa shape index (κ2) is 7.43. The Morgan fingerprint density at radius 2 is 1.79 bits per heavy atom. The monoisotopic (exact) mass is 326 g/mol. The van der Waals surface area contributed by atoms with Crippen molar-refractivity contribution in [1.82, 2.24) is 15.3 Å². The van der Waals surface area contributed by atoms with E-state index in [1.54, 1.807) is 6.20 Å². The molecule has 24 heavy (non-hydrogen) atoms. The largest absolute Gasteiger partial charge is 0.348 e. The first-order valence-corrected chi connectivity index (χ1v) is 8.30. The second-order valence-corrected chi connectivity index (χ2v) is 7.02. The number of rotatable bonds is 5. The van der Waals surface area contributed by atoms with E-state index in [1.807, 2.05) is 26.0 Å². The molecule has 1 unspecified atom stereocenters. The zero-order valence-electron chi connectivity index (χ0n) is 15.1. The zero-order chi connectivity index (χ0) is 17.7. The lowest BCUT2D eigenvalue weighted by molar-refractivity contribution is 0.0934. The van der Waals surface area contributed by atoms with Crippen molar-refractivity contribution in [2.75, 3.05) is 5.32 Å². The summed E-state index contributed by atoms with van der Waals surface area (Å²) >= 11 is 0. The minimum atomic E-state index is -0.196. The maximum absolute atomic E-state index is 12.0. The molecule has 2 aromatic rings. The van der Waals surface area contributed by atoms with Crippen LogP contribution in [0.15, 0.2) is 36.7 Å². The second-order valence-electron chi connectivity index (χ2n) is 7.02. The third-order valence-electron chi connectivity index (χ3n) is 3.90. The van der Waals surface area contributed by atoms with Crippen LogP contribution >= 0.6 is 0 Å². The van der Waals surface area contributed by atoms with Crippen molar-refractivity contribution < 1.29 is 4.79 Å². The summed E-state index contributed by atoms with van der Waals surface area (Å²) in [5, 5.41) is 6.07. The lowest BCUT2D eigenvalue weighted by Gasteiger charge is -2.19. The first-order chi connectivity index (χ1) is 11.3. The molecule has 0 aliphatic carbocycles. The summed E-state index contributed by atoms with van der Waals surface area (Å²) in [7, 11) is 0. The molecule has 2 N–H and O–H groups in total. The van der Waals surface area contributed by atoms with Gasteiger partial charge in [-0.1, -0.05) is 39.8 Å². The van der Waals surface area contributed by atoms with E-state index in [-0.39, 0.29) is 17.4 Å². The summed E-state index contributed by atoms with van der Waals surface area (Å²) in [5.74, 6) is 0.413. The summed E-state index contributed by atoms with van der Waals surface area (Å²) in [6.45, 7) is 10.5. The Kier molecular flexibility index (Phi) is 5.54. The third kappa shape index (κ3) is 4.78. The maximum atomic E-state index is 12.0. The van der Waals surface area contributed by atoms with Gasteiger partial charge in [-0.15, -0.1) is 0 Å². The first kappa shape index (κ1) is 17.9. The molecule has 0 aliphatic heterocycles. The van der Waals surface area contributed by atoms with E-state index < -0.39 is 0 Å². The molecule has 0 saturated heterocycles. The average Bonchev–Trinajstić information content (AvgIpc) is 2.55. The van der Waals surface area contributed by atoms with Crippen LogP contribution in [-0.2, 0) is 5.41 Å². The van der Waals surface area contributed by atoms with Crippen molar-refractivity contribution >= 4 is 17.4 Å². The highest BCUT2D eigenvalue weighted by Gasteiger charge is 2.13. The van der Waals surface area contributed by atoms with E-state index in [9.17, 15) is 4.79 Å². The molecule has 5 heteroatoms. The predicted molar refractivity (Wildman–Crippen MR) is 97.7 cm³/mol. The van der Waals surface area contributed by atoms with Gasteiger partial charge in [-0.3, -0.25) is 4.79 Å². The quantitative estimate of drug-likeness (QED) is 0.870. The summed E-state index contributed by atoms with van der Waals surface area (Å²) in [5.41, 5.74) is 2.66. The van der Waals surface area contributed by atoms with Gasteiger partial charge in [0, 0.05) is 11.7 Å². The van der Waals surface area contributed by atoms with Crippen LogP contribution in [0.3, 0.4) is 0 Å². The predicted octanol–water partition coefficient (Wildman–Crippen LogP) is 4.05. The summed E-state index contributed by atoms with van der Waals surface area (Å²) < 4.78 is 0. The Balaban J connectivity index is 2.02. The normalized spacial score (nSPS) is 12.5. The molecule has 2 rings (SSSR count). The van der Waals surface area contributed by atoms with Crippen LogP contribution in [-0.4, -0.2) is 21.9 Å². The van der Waals surface area contributed by atoms with Crippen LogP contribution in [0.4, 0.5) is 11.5 Å². The molecule has 5 nitrogen and oxygen atoms in total. The number of anilines is 2. The molecule has 0 bridgehead atoms. The number of hydrogen-bond acceptors (Lipinski definition) is 4.